The molecule has 4 N–H and O–H groups in total. The number of carbonyl (C=O) groups is 1. The van der Waals surface area contributed by atoms with E-state index in [2.05, 4.69) is 5.32 Å². The topological polar surface area (TPSA) is 85.6 Å². The zero-order valence-corrected chi connectivity index (χ0v) is 7.24. The van der Waals surface area contributed by atoms with Crippen LogP contribution in [0.25, 0.3) is 0 Å². The van der Waals surface area contributed by atoms with Gasteiger partial charge in [-0.1, -0.05) is 0 Å². The Morgan fingerprint density at radius 1 is 1.36 bits per heavy atom. The number of nitrogens with one attached hydrogen (secondary N) is 2. The molecule has 1 aromatic rings. The summed E-state index contributed by atoms with van der Waals surface area (Å²) in [6.45, 7) is 0.210. The molecule has 0 unspecified atom stereocenters. The van der Waals surface area contributed by atoms with Crippen LogP contribution in [0.1, 0.15) is 0 Å². The van der Waals surface area contributed by atoms with Gasteiger partial charge < -0.3 is 14.8 Å². The molecule has 0 spiro atoms. The van der Waals surface area contributed by atoms with Crippen molar-refractivity contribution in [1.82, 2.24) is 5.43 Å². The Balaban J connectivity index is 2.16. The third-order valence-electron chi connectivity index (χ3n) is 1.76. The number of urea groups is 1. The van der Waals surface area contributed by atoms with Gasteiger partial charge in [0.15, 0.2) is 11.5 Å². The van der Waals surface area contributed by atoms with E-state index in [-0.39, 0.29) is 6.79 Å². The molecule has 0 aromatic heterocycles. The fraction of sp³-hybridized carbons (Fsp3) is 0.125. The number of ether oxygens (including phenoxy) is 2. The molecule has 1 aromatic carbocycles. The summed E-state index contributed by atoms with van der Waals surface area (Å²) in [5.74, 6) is 6.20. The molecule has 74 valence electrons. The molecule has 0 aliphatic carbocycles. The minimum absolute atomic E-state index is 0.210. The largest absolute Gasteiger partial charge is 0.454 e. The highest BCUT2D eigenvalue weighted by Crippen LogP contribution is 2.34. The highest BCUT2D eigenvalue weighted by Gasteiger charge is 2.13. The lowest BCUT2D eigenvalue weighted by Crippen LogP contribution is -2.34. The lowest BCUT2D eigenvalue weighted by molar-refractivity contribution is 0.174. The zero-order chi connectivity index (χ0) is 9.97. The lowest BCUT2D eigenvalue weighted by atomic mass is 10.3. The molecule has 0 saturated carbocycles. The summed E-state index contributed by atoms with van der Waals surface area (Å²) >= 11 is 0. The Labute approximate surface area is 80.0 Å². The van der Waals surface area contributed by atoms with Crippen molar-refractivity contribution in [2.45, 2.75) is 0 Å². The molecule has 0 bridgehead atoms. The van der Waals surface area contributed by atoms with Crippen LogP contribution in [-0.2, 0) is 0 Å². The van der Waals surface area contributed by atoms with Crippen molar-refractivity contribution in [2.75, 3.05) is 12.1 Å². The molecular formula is C8H9N3O3. The molecule has 0 radical (unpaired) electrons. The van der Waals surface area contributed by atoms with Crippen molar-refractivity contribution >= 4 is 11.7 Å². The summed E-state index contributed by atoms with van der Waals surface area (Å²) in [6, 6.07) is 4.60. The Bertz CT molecular complexity index is 367. The lowest BCUT2D eigenvalue weighted by Gasteiger charge is -2.04. The maximum Gasteiger partial charge on any atom is 0.333 e. The number of nitrogens with two attached hydrogens (primary N) is 1. The normalized spacial score (nSPS) is 12.4. The van der Waals surface area contributed by atoms with Gasteiger partial charge in [-0.15, -0.1) is 0 Å². The molecule has 6 nitrogen and oxygen atoms in total. The summed E-state index contributed by atoms with van der Waals surface area (Å²) < 4.78 is 10.2. The second-order valence-corrected chi connectivity index (χ2v) is 2.67. The van der Waals surface area contributed by atoms with E-state index >= 15 is 0 Å². The predicted molar refractivity (Wildman–Crippen MR) is 48.9 cm³/mol. The summed E-state index contributed by atoms with van der Waals surface area (Å²) in [5.41, 5.74) is 2.55. The van der Waals surface area contributed by atoms with Crippen molar-refractivity contribution in [3.05, 3.63) is 18.2 Å². The van der Waals surface area contributed by atoms with E-state index in [1.54, 1.807) is 18.2 Å². The van der Waals surface area contributed by atoms with Gasteiger partial charge in [0.2, 0.25) is 6.79 Å². The molecule has 1 heterocycles. The van der Waals surface area contributed by atoms with Crippen LogP contribution in [0.3, 0.4) is 0 Å². The van der Waals surface area contributed by atoms with Crippen LogP contribution in [-0.4, -0.2) is 12.8 Å². The Morgan fingerprint density at radius 2 is 2.14 bits per heavy atom. The number of carbonyl (C=O) groups excluding carboxylic acids is 1. The zero-order valence-electron chi connectivity index (χ0n) is 7.24. The minimum Gasteiger partial charge on any atom is -0.454 e. The van der Waals surface area contributed by atoms with E-state index < -0.39 is 6.03 Å². The molecule has 0 atom stereocenters. The first-order valence-electron chi connectivity index (χ1n) is 3.97. The average molecular weight is 195 g/mol. The number of fused-ring (bicyclic) bond motifs is 1. The highest BCUT2D eigenvalue weighted by atomic mass is 16.7. The molecule has 2 rings (SSSR count). The van der Waals surface area contributed by atoms with Gasteiger partial charge >= 0.3 is 6.03 Å². The van der Waals surface area contributed by atoms with Crippen molar-refractivity contribution in [1.29, 1.82) is 0 Å². The molecule has 1 aliphatic heterocycles. The molecule has 2 amide bonds. The maximum absolute atomic E-state index is 10.9. The van der Waals surface area contributed by atoms with E-state index in [9.17, 15) is 4.79 Å². The number of hydrogen-bond acceptors (Lipinski definition) is 4. The van der Waals surface area contributed by atoms with Gasteiger partial charge in [-0.2, -0.15) is 0 Å². The first-order valence-corrected chi connectivity index (χ1v) is 3.97. The number of hydrogen-bond donors (Lipinski definition) is 3. The second kappa shape index (κ2) is 3.43. The summed E-state index contributed by atoms with van der Waals surface area (Å²) in [6.07, 6.45) is 0. The van der Waals surface area contributed by atoms with Gasteiger partial charge in [-0.05, 0) is 12.1 Å². The van der Waals surface area contributed by atoms with E-state index in [1.807, 2.05) is 5.43 Å². The molecule has 14 heavy (non-hydrogen) atoms. The monoisotopic (exact) mass is 195 g/mol. The van der Waals surface area contributed by atoms with Gasteiger partial charge in [0, 0.05) is 11.8 Å². The van der Waals surface area contributed by atoms with Crippen LogP contribution < -0.4 is 26.1 Å². The van der Waals surface area contributed by atoms with Gasteiger partial charge in [-0.25, -0.2) is 10.6 Å². The summed E-state index contributed by atoms with van der Waals surface area (Å²) in [7, 11) is 0. The van der Waals surface area contributed by atoms with Gasteiger partial charge in [0.1, 0.15) is 0 Å². The van der Waals surface area contributed by atoms with Crippen LogP contribution in [0.2, 0.25) is 0 Å². The Morgan fingerprint density at radius 3 is 2.93 bits per heavy atom. The summed E-state index contributed by atoms with van der Waals surface area (Å²) in [5, 5.41) is 2.51. The van der Waals surface area contributed by atoms with E-state index in [0.717, 1.165) is 0 Å². The quantitative estimate of drug-likeness (QED) is 0.344. The molecule has 0 fully saturated rings. The van der Waals surface area contributed by atoms with Crippen molar-refractivity contribution in [3.63, 3.8) is 0 Å². The molecular weight excluding hydrogens is 186 g/mol. The Hall–Kier alpha value is -1.95. The third kappa shape index (κ3) is 1.55. The Kier molecular flexibility index (Phi) is 2.11. The maximum atomic E-state index is 10.9. The second-order valence-electron chi connectivity index (χ2n) is 2.67. The van der Waals surface area contributed by atoms with Crippen LogP contribution in [0.5, 0.6) is 11.5 Å². The van der Waals surface area contributed by atoms with Crippen LogP contribution >= 0.6 is 0 Å². The smallest absolute Gasteiger partial charge is 0.333 e. The van der Waals surface area contributed by atoms with E-state index in [4.69, 9.17) is 15.3 Å². The number of benzene rings is 1. The minimum atomic E-state index is -0.483. The van der Waals surface area contributed by atoms with Crippen molar-refractivity contribution < 1.29 is 14.3 Å². The summed E-state index contributed by atoms with van der Waals surface area (Å²) in [4.78, 5) is 10.9. The first-order chi connectivity index (χ1) is 6.79. The van der Waals surface area contributed by atoms with Crippen LogP contribution in [0.4, 0.5) is 10.5 Å². The van der Waals surface area contributed by atoms with Gasteiger partial charge in [0.25, 0.3) is 0 Å². The third-order valence-corrected chi connectivity index (χ3v) is 1.76. The van der Waals surface area contributed by atoms with Crippen molar-refractivity contribution in [2.24, 2.45) is 5.84 Å². The van der Waals surface area contributed by atoms with Crippen molar-refractivity contribution in [3.8, 4) is 11.5 Å². The van der Waals surface area contributed by atoms with E-state index in [0.29, 0.717) is 17.2 Å². The molecule has 1 aliphatic rings. The number of anilines is 1. The SMILES string of the molecule is NNC(=O)Nc1ccc2c(c1)OCO2. The number of amides is 2. The molecule has 6 heteroatoms. The first kappa shape index (κ1) is 8.64. The van der Waals surface area contributed by atoms with Gasteiger partial charge in [-0.3, -0.25) is 5.43 Å². The fourth-order valence-corrected chi connectivity index (χ4v) is 1.14. The predicted octanol–water partition coefficient (Wildman–Crippen LogP) is 0.410. The van der Waals surface area contributed by atoms with Gasteiger partial charge in [0.05, 0.1) is 0 Å². The standard InChI is InChI=1S/C8H9N3O3/c9-11-8(12)10-5-1-2-6-7(3-5)14-4-13-6/h1-3H,4,9H2,(H2,10,11,12). The van der Waals surface area contributed by atoms with Crippen LogP contribution in [0, 0.1) is 0 Å². The highest BCUT2D eigenvalue weighted by molar-refractivity contribution is 5.89. The molecule has 0 saturated heterocycles. The number of rotatable bonds is 1. The number of hydrazine groups is 1. The fourth-order valence-electron chi connectivity index (χ4n) is 1.14. The van der Waals surface area contributed by atoms with Crippen LogP contribution in [0.15, 0.2) is 18.2 Å². The average Bonchev–Trinajstić information content (AvgIpc) is 2.64. The van der Waals surface area contributed by atoms with E-state index in [1.165, 1.54) is 0 Å².